The Morgan fingerprint density at radius 1 is 1.12 bits per heavy atom. The molecule has 25 heavy (non-hydrogen) atoms. The van der Waals surface area contributed by atoms with Gasteiger partial charge in [-0.15, -0.1) is 11.3 Å². The number of aromatic nitrogens is 1. The zero-order valence-corrected chi connectivity index (χ0v) is 14.2. The molecule has 4 rings (SSSR count). The van der Waals surface area contributed by atoms with Gasteiger partial charge in [0.1, 0.15) is 6.61 Å². The zero-order chi connectivity index (χ0) is 17.1. The van der Waals surface area contributed by atoms with Crippen molar-refractivity contribution in [2.24, 2.45) is 0 Å². The first kappa shape index (κ1) is 15.7. The minimum absolute atomic E-state index is 0.186. The molecule has 0 radical (unpaired) electrons. The quantitative estimate of drug-likeness (QED) is 0.780. The fourth-order valence-electron chi connectivity index (χ4n) is 2.58. The molecule has 3 aromatic rings. The number of ether oxygens (including phenoxy) is 2. The van der Waals surface area contributed by atoms with Gasteiger partial charge in [0.05, 0.1) is 0 Å². The summed E-state index contributed by atoms with van der Waals surface area (Å²) in [6, 6.07) is 17.5. The number of nitrogens with one attached hydrogen (secondary N) is 1. The molecule has 1 aliphatic heterocycles. The van der Waals surface area contributed by atoms with Gasteiger partial charge in [-0.25, -0.2) is 4.98 Å². The molecule has 1 amide bonds. The second kappa shape index (κ2) is 6.94. The van der Waals surface area contributed by atoms with Gasteiger partial charge in [0.2, 0.25) is 6.10 Å². The van der Waals surface area contributed by atoms with Crippen LogP contribution in [-0.4, -0.2) is 23.6 Å². The lowest BCUT2D eigenvalue weighted by Crippen LogP contribution is -2.40. The van der Waals surface area contributed by atoms with Gasteiger partial charge in [0.25, 0.3) is 5.91 Å². The van der Waals surface area contributed by atoms with Crippen LogP contribution in [0, 0.1) is 0 Å². The van der Waals surface area contributed by atoms with Gasteiger partial charge in [-0.3, -0.25) is 10.1 Å². The molecule has 126 valence electrons. The molecule has 1 atom stereocenters. The van der Waals surface area contributed by atoms with E-state index in [0.717, 1.165) is 11.3 Å². The van der Waals surface area contributed by atoms with E-state index in [0.29, 0.717) is 16.6 Å². The SMILES string of the molecule is O=C(Nc1ncc(Cc2ccccc2)s1)[C@H]1COc2ccccc2O1. The third kappa shape index (κ3) is 3.64. The summed E-state index contributed by atoms with van der Waals surface area (Å²) in [5, 5.41) is 3.38. The van der Waals surface area contributed by atoms with E-state index in [-0.39, 0.29) is 12.5 Å². The van der Waals surface area contributed by atoms with Crippen LogP contribution < -0.4 is 14.8 Å². The van der Waals surface area contributed by atoms with Crippen molar-refractivity contribution in [3.63, 3.8) is 0 Å². The summed E-state index contributed by atoms with van der Waals surface area (Å²) in [7, 11) is 0. The average Bonchev–Trinajstić information content (AvgIpc) is 3.09. The first-order valence-electron chi connectivity index (χ1n) is 7.96. The van der Waals surface area contributed by atoms with Crippen LogP contribution in [-0.2, 0) is 11.2 Å². The van der Waals surface area contributed by atoms with Gasteiger partial charge in [0, 0.05) is 17.5 Å². The van der Waals surface area contributed by atoms with Gasteiger partial charge in [-0.05, 0) is 17.7 Å². The van der Waals surface area contributed by atoms with Crippen molar-refractivity contribution in [1.29, 1.82) is 0 Å². The van der Waals surface area contributed by atoms with E-state index in [1.54, 1.807) is 12.3 Å². The monoisotopic (exact) mass is 352 g/mol. The van der Waals surface area contributed by atoms with Crippen LogP contribution >= 0.6 is 11.3 Å². The van der Waals surface area contributed by atoms with E-state index in [1.807, 2.05) is 36.4 Å². The van der Waals surface area contributed by atoms with Crippen LogP contribution in [0.5, 0.6) is 11.5 Å². The van der Waals surface area contributed by atoms with E-state index in [1.165, 1.54) is 16.9 Å². The Kier molecular flexibility index (Phi) is 4.35. The van der Waals surface area contributed by atoms with Crippen molar-refractivity contribution in [3.8, 4) is 11.5 Å². The molecule has 0 saturated carbocycles. The summed E-state index contributed by atoms with van der Waals surface area (Å²) in [6.45, 7) is 0.186. The molecular weight excluding hydrogens is 336 g/mol. The Balaban J connectivity index is 1.39. The molecule has 0 saturated heterocycles. The number of anilines is 1. The Morgan fingerprint density at radius 2 is 1.88 bits per heavy atom. The van der Waals surface area contributed by atoms with Gasteiger partial charge in [-0.1, -0.05) is 42.5 Å². The lowest BCUT2D eigenvalue weighted by atomic mass is 10.1. The minimum Gasteiger partial charge on any atom is -0.485 e. The van der Waals surface area contributed by atoms with Crippen LogP contribution in [0.4, 0.5) is 5.13 Å². The molecule has 0 unspecified atom stereocenters. The smallest absolute Gasteiger partial charge is 0.270 e. The number of benzene rings is 2. The van der Waals surface area contributed by atoms with Crippen LogP contribution in [0.1, 0.15) is 10.4 Å². The van der Waals surface area contributed by atoms with E-state index in [2.05, 4.69) is 22.4 Å². The number of hydrogen-bond donors (Lipinski definition) is 1. The number of carbonyl (C=O) groups excluding carboxylic acids is 1. The molecular formula is C19H16N2O3S. The average molecular weight is 352 g/mol. The van der Waals surface area contributed by atoms with E-state index in [4.69, 9.17) is 9.47 Å². The summed E-state index contributed by atoms with van der Waals surface area (Å²) < 4.78 is 11.3. The first-order valence-corrected chi connectivity index (χ1v) is 8.77. The molecule has 1 N–H and O–H groups in total. The van der Waals surface area contributed by atoms with Crippen molar-refractivity contribution < 1.29 is 14.3 Å². The van der Waals surface area contributed by atoms with Crippen LogP contribution in [0.2, 0.25) is 0 Å². The van der Waals surface area contributed by atoms with Gasteiger partial charge in [-0.2, -0.15) is 0 Å². The van der Waals surface area contributed by atoms with Crippen LogP contribution in [0.15, 0.2) is 60.8 Å². The number of amides is 1. The number of para-hydroxylation sites is 2. The maximum Gasteiger partial charge on any atom is 0.270 e. The summed E-state index contributed by atoms with van der Waals surface area (Å²) >= 11 is 1.47. The van der Waals surface area contributed by atoms with Crippen molar-refractivity contribution in [2.45, 2.75) is 12.5 Å². The van der Waals surface area contributed by atoms with E-state index >= 15 is 0 Å². The van der Waals surface area contributed by atoms with Gasteiger partial charge >= 0.3 is 0 Å². The van der Waals surface area contributed by atoms with Crippen LogP contribution in [0.3, 0.4) is 0 Å². The molecule has 2 heterocycles. The highest BCUT2D eigenvalue weighted by atomic mass is 32.1. The molecule has 1 aromatic heterocycles. The maximum absolute atomic E-state index is 12.4. The third-order valence-electron chi connectivity index (χ3n) is 3.81. The summed E-state index contributed by atoms with van der Waals surface area (Å²) in [5.41, 5.74) is 1.21. The normalized spacial score (nSPS) is 15.6. The topological polar surface area (TPSA) is 60.5 Å². The van der Waals surface area contributed by atoms with Crippen LogP contribution in [0.25, 0.3) is 0 Å². The zero-order valence-electron chi connectivity index (χ0n) is 13.3. The van der Waals surface area contributed by atoms with Crippen molar-refractivity contribution in [1.82, 2.24) is 4.98 Å². The molecule has 2 aromatic carbocycles. The third-order valence-corrected chi connectivity index (χ3v) is 4.72. The molecule has 5 nitrogen and oxygen atoms in total. The van der Waals surface area contributed by atoms with Gasteiger partial charge < -0.3 is 9.47 Å². The van der Waals surface area contributed by atoms with Crippen molar-refractivity contribution in [2.75, 3.05) is 11.9 Å². The summed E-state index contributed by atoms with van der Waals surface area (Å²) in [6.07, 6.45) is 1.90. The number of rotatable bonds is 4. The molecule has 0 spiro atoms. The number of carbonyl (C=O) groups is 1. The predicted octanol–water partition coefficient (Wildman–Crippen LogP) is 3.51. The second-order valence-electron chi connectivity index (χ2n) is 5.65. The highest BCUT2D eigenvalue weighted by Crippen LogP contribution is 2.31. The number of hydrogen-bond acceptors (Lipinski definition) is 5. The number of nitrogens with zero attached hydrogens (tertiary/aromatic N) is 1. The highest BCUT2D eigenvalue weighted by Gasteiger charge is 2.27. The maximum atomic E-state index is 12.4. The highest BCUT2D eigenvalue weighted by molar-refractivity contribution is 7.15. The number of fused-ring (bicyclic) bond motifs is 1. The Labute approximate surface area is 149 Å². The Hall–Kier alpha value is -2.86. The molecule has 0 bridgehead atoms. The summed E-state index contributed by atoms with van der Waals surface area (Å²) in [4.78, 5) is 17.8. The molecule has 0 fully saturated rings. The largest absolute Gasteiger partial charge is 0.485 e. The lowest BCUT2D eigenvalue weighted by Gasteiger charge is -2.25. The fourth-order valence-corrected chi connectivity index (χ4v) is 3.43. The second-order valence-corrected chi connectivity index (χ2v) is 6.76. The Morgan fingerprint density at radius 3 is 2.72 bits per heavy atom. The van der Waals surface area contributed by atoms with Crippen molar-refractivity contribution >= 4 is 22.4 Å². The van der Waals surface area contributed by atoms with Crippen molar-refractivity contribution in [3.05, 3.63) is 71.2 Å². The number of thiazole rings is 1. The van der Waals surface area contributed by atoms with Gasteiger partial charge in [0.15, 0.2) is 16.6 Å². The molecule has 0 aliphatic carbocycles. The Bertz CT molecular complexity index is 879. The molecule has 1 aliphatic rings. The first-order chi connectivity index (χ1) is 12.3. The van der Waals surface area contributed by atoms with E-state index < -0.39 is 6.10 Å². The summed E-state index contributed by atoms with van der Waals surface area (Å²) in [5.74, 6) is 0.985. The minimum atomic E-state index is -0.684. The fraction of sp³-hybridized carbons (Fsp3) is 0.158. The van der Waals surface area contributed by atoms with E-state index in [9.17, 15) is 4.79 Å². The predicted molar refractivity (Wildman–Crippen MR) is 96.3 cm³/mol. The molecule has 6 heteroatoms. The standard InChI is InChI=1S/C19H16N2O3S/c22-18(17-12-23-15-8-4-5-9-16(15)24-17)21-19-20-11-14(25-19)10-13-6-2-1-3-7-13/h1-9,11,17H,10,12H2,(H,20,21,22)/t17-/m1/s1. The lowest BCUT2D eigenvalue weighted by molar-refractivity contribution is -0.125.